The van der Waals surface area contributed by atoms with Gasteiger partial charge < -0.3 is 4.74 Å². The number of nitrogens with zero attached hydrogens (tertiary/aromatic N) is 1. The third-order valence-corrected chi connectivity index (χ3v) is 1.95. The SMILES string of the molecule is Sc1ccc(Oc2ccccc2)nc1. The van der Waals surface area contributed by atoms with E-state index in [4.69, 9.17) is 4.74 Å². The monoisotopic (exact) mass is 203 g/mol. The van der Waals surface area contributed by atoms with E-state index in [-0.39, 0.29) is 0 Å². The maximum Gasteiger partial charge on any atom is 0.219 e. The van der Waals surface area contributed by atoms with Crippen molar-refractivity contribution >= 4 is 12.6 Å². The minimum atomic E-state index is 0.578. The molecule has 0 aliphatic rings. The second-order valence-corrected chi connectivity index (χ2v) is 3.29. The fraction of sp³-hybridized carbons (Fsp3) is 0. The highest BCUT2D eigenvalue weighted by Gasteiger charge is 1.96. The first-order valence-electron chi connectivity index (χ1n) is 4.22. The molecule has 0 fully saturated rings. The maximum absolute atomic E-state index is 5.49. The maximum atomic E-state index is 5.49. The Morgan fingerprint density at radius 1 is 1.00 bits per heavy atom. The molecule has 2 rings (SSSR count). The molecule has 0 bridgehead atoms. The molecule has 0 N–H and O–H groups in total. The molecule has 1 heterocycles. The van der Waals surface area contributed by atoms with Gasteiger partial charge in [0.2, 0.25) is 5.88 Å². The van der Waals surface area contributed by atoms with Gasteiger partial charge in [0.25, 0.3) is 0 Å². The van der Waals surface area contributed by atoms with Gasteiger partial charge in [0.1, 0.15) is 5.75 Å². The Morgan fingerprint density at radius 2 is 1.79 bits per heavy atom. The summed E-state index contributed by atoms with van der Waals surface area (Å²) >= 11 is 4.14. The largest absolute Gasteiger partial charge is 0.439 e. The number of para-hydroxylation sites is 1. The minimum Gasteiger partial charge on any atom is -0.439 e. The molecule has 3 heteroatoms. The van der Waals surface area contributed by atoms with Gasteiger partial charge in [-0.15, -0.1) is 12.6 Å². The van der Waals surface area contributed by atoms with E-state index < -0.39 is 0 Å². The van der Waals surface area contributed by atoms with Crippen molar-refractivity contribution in [3.8, 4) is 11.6 Å². The van der Waals surface area contributed by atoms with Crippen LogP contribution in [0.3, 0.4) is 0 Å². The zero-order valence-electron chi connectivity index (χ0n) is 7.42. The van der Waals surface area contributed by atoms with Crippen LogP contribution in [0, 0.1) is 0 Å². The molecule has 0 amide bonds. The van der Waals surface area contributed by atoms with E-state index in [1.807, 2.05) is 36.4 Å². The summed E-state index contributed by atoms with van der Waals surface area (Å²) in [7, 11) is 0. The molecule has 0 atom stereocenters. The zero-order chi connectivity index (χ0) is 9.80. The Balaban J connectivity index is 2.16. The lowest BCUT2D eigenvalue weighted by Crippen LogP contribution is -1.86. The molecule has 0 saturated heterocycles. The van der Waals surface area contributed by atoms with Gasteiger partial charge in [0.15, 0.2) is 0 Å². The second kappa shape index (κ2) is 4.15. The van der Waals surface area contributed by atoms with Crippen LogP contribution in [0.15, 0.2) is 53.6 Å². The molecule has 1 aromatic carbocycles. The van der Waals surface area contributed by atoms with Crippen LogP contribution in [0.1, 0.15) is 0 Å². The molecular weight excluding hydrogens is 194 g/mol. The fourth-order valence-corrected chi connectivity index (χ4v) is 1.17. The van der Waals surface area contributed by atoms with Crippen molar-refractivity contribution in [2.24, 2.45) is 0 Å². The van der Waals surface area contributed by atoms with E-state index >= 15 is 0 Å². The summed E-state index contributed by atoms with van der Waals surface area (Å²) in [5, 5.41) is 0. The molecule has 0 aliphatic heterocycles. The van der Waals surface area contributed by atoms with E-state index in [9.17, 15) is 0 Å². The van der Waals surface area contributed by atoms with Gasteiger partial charge in [-0.25, -0.2) is 4.98 Å². The summed E-state index contributed by atoms with van der Waals surface area (Å²) in [5.74, 6) is 1.36. The first-order chi connectivity index (χ1) is 6.84. The average Bonchev–Trinajstić information content (AvgIpc) is 2.23. The van der Waals surface area contributed by atoms with Crippen molar-refractivity contribution in [1.29, 1.82) is 0 Å². The summed E-state index contributed by atoms with van der Waals surface area (Å²) in [6.07, 6.45) is 1.65. The summed E-state index contributed by atoms with van der Waals surface area (Å²) in [5.41, 5.74) is 0. The van der Waals surface area contributed by atoms with Crippen molar-refractivity contribution in [3.63, 3.8) is 0 Å². The zero-order valence-corrected chi connectivity index (χ0v) is 8.32. The number of rotatable bonds is 2. The third-order valence-electron chi connectivity index (χ3n) is 1.69. The number of pyridine rings is 1. The van der Waals surface area contributed by atoms with E-state index in [0.717, 1.165) is 10.6 Å². The molecule has 0 spiro atoms. The molecule has 1 aromatic heterocycles. The number of hydrogen-bond acceptors (Lipinski definition) is 3. The number of thiol groups is 1. The highest BCUT2D eigenvalue weighted by Crippen LogP contribution is 2.18. The van der Waals surface area contributed by atoms with Crippen LogP contribution in [0.2, 0.25) is 0 Å². The molecule has 70 valence electrons. The number of hydrogen-bond donors (Lipinski definition) is 1. The lowest BCUT2D eigenvalue weighted by molar-refractivity contribution is 0.462. The first-order valence-corrected chi connectivity index (χ1v) is 4.67. The van der Waals surface area contributed by atoms with Gasteiger partial charge >= 0.3 is 0 Å². The van der Waals surface area contributed by atoms with Gasteiger partial charge in [-0.05, 0) is 18.2 Å². The Bertz CT molecular complexity index is 399. The van der Waals surface area contributed by atoms with Crippen LogP contribution in [0.5, 0.6) is 11.6 Å². The number of benzene rings is 1. The Morgan fingerprint density at radius 3 is 2.43 bits per heavy atom. The predicted octanol–water partition coefficient (Wildman–Crippen LogP) is 3.16. The minimum absolute atomic E-state index is 0.578. The molecule has 0 aliphatic carbocycles. The van der Waals surface area contributed by atoms with Gasteiger partial charge in [-0.3, -0.25) is 0 Å². The summed E-state index contributed by atoms with van der Waals surface area (Å²) in [6, 6.07) is 13.2. The van der Waals surface area contributed by atoms with Gasteiger partial charge in [0.05, 0.1) is 0 Å². The lowest BCUT2D eigenvalue weighted by atomic mass is 10.3. The first kappa shape index (κ1) is 9.09. The Labute approximate surface area is 88.0 Å². The molecular formula is C11H9NOS. The van der Waals surface area contributed by atoms with Crippen LogP contribution < -0.4 is 4.74 Å². The Hall–Kier alpha value is -1.48. The summed E-state index contributed by atoms with van der Waals surface area (Å²) in [6.45, 7) is 0. The van der Waals surface area contributed by atoms with Crippen molar-refractivity contribution in [2.75, 3.05) is 0 Å². The van der Waals surface area contributed by atoms with Gasteiger partial charge in [-0.1, -0.05) is 18.2 Å². The van der Waals surface area contributed by atoms with E-state index in [2.05, 4.69) is 17.6 Å². The van der Waals surface area contributed by atoms with E-state index in [0.29, 0.717) is 5.88 Å². The van der Waals surface area contributed by atoms with Gasteiger partial charge in [-0.2, -0.15) is 0 Å². The van der Waals surface area contributed by atoms with Crippen LogP contribution in [0.25, 0.3) is 0 Å². The van der Waals surface area contributed by atoms with Crippen molar-refractivity contribution in [2.45, 2.75) is 4.90 Å². The second-order valence-electron chi connectivity index (χ2n) is 2.77. The third kappa shape index (κ3) is 2.26. The summed E-state index contributed by atoms with van der Waals surface area (Å²) in [4.78, 5) is 4.90. The highest BCUT2D eigenvalue weighted by molar-refractivity contribution is 7.80. The van der Waals surface area contributed by atoms with Gasteiger partial charge in [0, 0.05) is 17.2 Å². The van der Waals surface area contributed by atoms with Crippen molar-refractivity contribution in [3.05, 3.63) is 48.7 Å². The van der Waals surface area contributed by atoms with Crippen LogP contribution in [0.4, 0.5) is 0 Å². The topological polar surface area (TPSA) is 22.1 Å². The molecule has 2 aromatic rings. The van der Waals surface area contributed by atoms with Crippen LogP contribution in [-0.4, -0.2) is 4.98 Å². The highest BCUT2D eigenvalue weighted by atomic mass is 32.1. The van der Waals surface area contributed by atoms with Crippen LogP contribution in [-0.2, 0) is 0 Å². The molecule has 14 heavy (non-hydrogen) atoms. The molecule has 2 nitrogen and oxygen atoms in total. The van der Waals surface area contributed by atoms with E-state index in [1.54, 1.807) is 12.3 Å². The quantitative estimate of drug-likeness (QED) is 0.757. The van der Waals surface area contributed by atoms with Crippen molar-refractivity contribution < 1.29 is 4.74 Å². The van der Waals surface area contributed by atoms with E-state index in [1.165, 1.54) is 0 Å². The number of ether oxygens (including phenoxy) is 1. The normalized spacial score (nSPS) is 9.79. The van der Waals surface area contributed by atoms with Crippen LogP contribution >= 0.6 is 12.6 Å². The lowest BCUT2D eigenvalue weighted by Gasteiger charge is -2.03. The average molecular weight is 203 g/mol. The fourth-order valence-electron chi connectivity index (χ4n) is 1.04. The van der Waals surface area contributed by atoms with Crippen molar-refractivity contribution in [1.82, 2.24) is 4.98 Å². The predicted molar refractivity (Wildman–Crippen MR) is 58.0 cm³/mol. The Kier molecular flexibility index (Phi) is 2.70. The summed E-state index contributed by atoms with van der Waals surface area (Å²) < 4.78 is 5.49. The molecule has 0 unspecified atom stereocenters. The number of aromatic nitrogens is 1. The molecule has 0 radical (unpaired) electrons. The smallest absolute Gasteiger partial charge is 0.219 e. The standard InChI is InChI=1S/C11H9NOS/c14-10-6-7-11(12-8-10)13-9-4-2-1-3-5-9/h1-8,14H. The molecule has 0 saturated carbocycles.